The molecule has 0 spiro atoms. The molecular formula is C19H20N2O4. The van der Waals surface area contributed by atoms with Gasteiger partial charge in [-0.15, -0.1) is 0 Å². The van der Waals surface area contributed by atoms with E-state index in [0.29, 0.717) is 17.6 Å². The number of nitrogens with one attached hydrogen (secondary N) is 1. The molecule has 0 unspecified atom stereocenters. The lowest BCUT2D eigenvalue weighted by Gasteiger charge is -2.37. The molecule has 3 amide bonds. The van der Waals surface area contributed by atoms with E-state index in [1.807, 2.05) is 0 Å². The van der Waals surface area contributed by atoms with Crippen LogP contribution in [0, 0.1) is 35.5 Å². The number of carbonyl (C=O) groups excluding carboxylic acids is 3. The molecule has 2 heterocycles. The Balaban J connectivity index is 1.33. The second kappa shape index (κ2) is 5.07. The maximum absolute atomic E-state index is 13.0. The molecule has 130 valence electrons. The summed E-state index contributed by atoms with van der Waals surface area (Å²) in [5.41, 5.74) is 0. The van der Waals surface area contributed by atoms with Crippen molar-refractivity contribution in [3.05, 3.63) is 36.3 Å². The molecule has 4 aliphatic carbocycles. The summed E-state index contributed by atoms with van der Waals surface area (Å²) in [5.74, 6) is 0.948. The van der Waals surface area contributed by atoms with E-state index < -0.39 is 6.04 Å². The fourth-order valence-electron chi connectivity index (χ4n) is 5.21. The van der Waals surface area contributed by atoms with Gasteiger partial charge in [-0.25, -0.2) is 0 Å². The van der Waals surface area contributed by atoms with E-state index in [9.17, 15) is 14.4 Å². The molecule has 7 atom stereocenters. The molecule has 25 heavy (non-hydrogen) atoms. The van der Waals surface area contributed by atoms with Crippen molar-refractivity contribution < 1.29 is 18.8 Å². The summed E-state index contributed by atoms with van der Waals surface area (Å²) >= 11 is 0. The summed E-state index contributed by atoms with van der Waals surface area (Å²) < 4.78 is 5.19. The zero-order chi connectivity index (χ0) is 17.3. The van der Waals surface area contributed by atoms with Gasteiger partial charge in [0.05, 0.1) is 24.6 Å². The van der Waals surface area contributed by atoms with Crippen LogP contribution in [0.1, 0.15) is 19.1 Å². The van der Waals surface area contributed by atoms with E-state index in [2.05, 4.69) is 17.5 Å². The lowest BCUT2D eigenvalue weighted by Crippen LogP contribution is -2.48. The molecule has 6 nitrogen and oxygen atoms in total. The Morgan fingerprint density at radius 1 is 1.24 bits per heavy atom. The molecule has 2 bridgehead atoms. The van der Waals surface area contributed by atoms with Crippen LogP contribution in [0.25, 0.3) is 0 Å². The Bertz CT molecular complexity index is 747. The molecule has 1 aromatic heterocycles. The van der Waals surface area contributed by atoms with Gasteiger partial charge in [-0.1, -0.05) is 12.2 Å². The van der Waals surface area contributed by atoms with Crippen molar-refractivity contribution in [2.75, 3.05) is 0 Å². The number of hydrogen-bond donors (Lipinski definition) is 1. The van der Waals surface area contributed by atoms with Gasteiger partial charge < -0.3 is 9.73 Å². The highest BCUT2D eigenvalue weighted by molar-refractivity contribution is 6.09. The highest BCUT2D eigenvalue weighted by atomic mass is 16.3. The SMILES string of the molecule is C[C@H](C(=O)NCc1ccco1)N1C(=O)[C@@H]2[C@H]3C=C[C@@H]([C@@H]4C[C@H]34)[C@H]2C1=O. The number of carbonyl (C=O) groups is 3. The molecule has 0 aromatic carbocycles. The maximum Gasteiger partial charge on any atom is 0.243 e. The number of amides is 3. The van der Waals surface area contributed by atoms with Gasteiger partial charge in [-0.05, 0) is 49.1 Å². The summed E-state index contributed by atoms with van der Waals surface area (Å²) in [6.45, 7) is 1.87. The van der Waals surface area contributed by atoms with Gasteiger partial charge in [0.2, 0.25) is 17.7 Å². The van der Waals surface area contributed by atoms with Crippen LogP contribution in [-0.2, 0) is 20.9 Å². The van der Waals surface area contributed by atoms with E-state index in [1.165, 1.54) is 11.2 Å². The zero-order valence-corrected chi connectivity index (χ0v) is 13.9. The molecule has 5 aliphatic rings. The third-order valence-electron chi connectivity index (χ3n) is 6.48. The second-order valence-electron chi connectivity index (χ2n) is 7.67. The summed E-state index contributed by atoms with van der Waals surface area (Å²) in [4.78, 5) is 39.6. The number of hydrogen-bond acceptors (Lipinski definition) is 4. The van der Waals surface area contributed by atoms with Gasteiger partial charge in [0.25, 0.3) is 0 Å². The van der Waals surface area contributed by atoms with Crippen molar-refractivity contribution in [1.82, 2.24) is 10.2 Å². The Kier molecular flexibility index (Phi) is 3.03. The monoisotopic (exact) mass is 340 g/mol. The largest absolute Gasteiger partial charge is 0.467 e. The summed E-state index contributed by atoms with van der Waals surface area (Å²) in [5, 5.41) is 2.75. The fourth-order valence-corrected chi connectivity index (χ4v) is 5.21. The minimum Gasteiger partial charge on any atom is -0.467 e. The minimum atomic E-state index is -0.795. The van der Waals surface area contributed by atoms with Gasteiger partial charge >= 0.3 is 0 Å². The first-order chi connectivity index (χ1) is 12.1. The summed E-state index contributed by atoms with van der Waals surface area (Å²) in [6, 6.07) is 2.72. The van der Waals surface area contributed by atoms with Crippen molar-refractivity contribution >= 4 is 17.7 Å². The van der Waals surface area contributed by atoms with Crippen molar-refractivity contribution in [1.29, 1.82) is 0 Å². The van der Waals surface area contributed by atoms with Crippen LogP contribution < -0.4 is 5.32 Å². The lowest BCUT2D eigenvalue weighted by molar-refractivity contribution is -0.147. The Morgan fingerprint density at radius 3 is 2.44 bits per heavy atom. The molecule has 1 aliphatic heterocycles. The van der Waals surface area contributed by atoms with Crippen molar-refractivity contribution in [3.63, 3.8) is 0 Å². The summed E-state index contributed by atoms with van der Waals surface area (Å²) in [7, 11) is 0. The van der Waals surface area contributed by atoms with E-state index in [4.69, 9.17) is 4.42 Å². The molecule has 1 N–H and O–H groups in total. The van der Waals surface area contributed by atoms with Crippen molar-refractivity contribution in [2.45, 2.75) is 25.9 Å². The first-order valence-corrected chi connectivity index (χ1v) is 8.93. The average Bonchev–Trinajstić information content (AvgIpc) is 3.21. The average molecular weight is 340 g/mol. The van der Waals surface area contributed by atoms with Crippen molar-refractivity contribution in [3.8, 4) is 0 Å². The van der Waals surface area contributed by atoms with Gasteiger partial charge in [-0.3, -0.25) is 19.3 Å². The van der Waals surface area contributed by atoms with Gasteiger partial charge in [0.15, 0.2) is 0 Å². The van der Waals surface area contributed by atoms with Gasteiger partial charge in [0, 0.05) is 0 Å². The number of furan rings is 1. The Labute approximate surface area is 145 Å². The number of rotatable bonds is 4. The molecule has 1 saturated heterocycles. The van der Waals surface area contributed by atoms with Crippen LogP contribution in [0.4, 0.5) is 0 Å². The van der Waals surface area contributed by atoms with Crippen LogP contribution in [0.3, 0.4) is 0 Å². The van der Waals surface area contributed by atoms with E-state index in [1.54, 1.807) is 19.1 Å². The molecule has 2 saturated carbocycles. The fraction of sp³-hybridized carbons (Fsp3) is 0.526. The second-order valence-corrected chi connectivity index (χ2v) is 7.67. The summed E-state index contributed by atoms with van der Waals surface area (Å²) in [6.07, 6.45) is 6.94. The highest BCUT2D eigenvalue weighted by Crippen LogP contribution is 2.65. The number of imide groups is 1. The number of likely N-dealkylation sites (tertiary alicyclic amines) is 1. The zero-order valence-electron chi connectivity index (χ0n) is 13.9. The van der Waals surface area contributed by atoms with Crippen LogP contribution in [0.15, 0.2) is 35.0 Å². The van der Waals surface area contributed by atoms with Gasteiger partial charge in [-0.2, -0.15) is 0 Å². The Hall–Kier alpha value is -2.37. The predicted octanol–water partition coefficient (Wildman–Crippen LogP) is 1.34. The Morgan fingerprint density at radius 2 is 1.88 bits per heavy atom. The third kappa shape index (κ3) is 2.00. The smallest absolute Gasteiger partial charge is 0.243 e. The molecule has 1 aromatic rings. The number of allylic oxidation sites excluding steroid dienone is 2. The van der Waals surface area contributed by atoms with E-state index in [-0.39, 0.29) is 47.9 Å². The van der Waals surface area contributed by atoms with Crippen LogP contribution >= 0.6 is 0 Å². The van der Waals surface area contributed by atoms with Crippen LogP contribution in [0.5, 0.6) is 0 Å². The van der Waals surface area contributed by atoms with Crippen molar-refractivity contribution in [2.24, 2.45) is 35.5 Å². The maximum atomic E-state index is 13.0. The first-order valence-electron chi connectivity index (χ1n) is 8.93. The first kappa shape index (κ1) is 14.9. The normalized spacial score (nSPS) is 38.5. The van der Waals surface area contributed by atoms with Gasteiger partial charge in [0.1, 0.15) is 11.8 Å². The highest BCUT2D eigenvalue weighted by Gasteiger charge is 2.67. The number of nitrogens with zero attached hydrogens (tertiary/aromatic N) is 1. The van der Waals surface area contributed by atoms with E-state index >= 15 is 0 Å². The lowest BCUT2D eigenvalue weighted by atomic mass is 9.63. The van der Waals surface area contributed by atoms with E-state index in [0.717, 1.165) is 6.42 Å². The molecule has 6 rings (SSSR count). The predicted molar refractivity (Wildman–Crippen MR) is 86.6 cm³/mol. The molecule has 6 heteroatoms. The van der Waals surface area contributed by atoms with Crippen LogP contribution in [-0.4, -0.2) is 28.7 Å². The molecule has 3 fully saturated rings. The quantitative estimate of drug-likeness (QED) is 0.663. The third-order valence-corrected chi connectivity index (χ3v) is 6.48. The topological polar surface area (TPSA) is 79.6 Å². The molecular weight excluding hydrogens is 320 g/mol. The minimum absolute atomic E-state index is 0.166. The standard InChI is InChI=1S/C19H20N2O4/c1-9(17(22)20-8-10-3-2-6-25-10)21-18(23)15-11-4-5-12(14-7-13(11)14)16(15)19(21)24/h2-6,9,11-16H,7-8H2,1H3,(H,20,22)/t9-,11+,12+,13-,14+,15-,16-/m1/s1. The van der Waals surface area contributed by atoms with Crippen LogP contribution in [0.2, 0.25) is 0 Å². The molecule has 0 radical (unpaired) electrons.